The fourth-order valence-corrected chi connectivity index (χ4v) is 3.98. The number of rotatable bonds is 6. The van der Waals surface area contributed by atoms with Crippen LogP contribution < -0.4 is 5.32 Å². The molecule has 0 spiro atoms. The summed E-state index contributed by atoms with van der Waals surface area (Å²) in [6.45, 7) is -0.178. The van der Waals surface area contributed by atoms with E-state index in [0.29, 0.717) is 17.5 Å². The number of carbonyl (C=O) groups is 2. The van der Waals surface area contributed by atoms with E-state index in [0.717, 1.165) is 10.5 Å². The van der Waals surface area contributed by atoms with Gasteiger partial charge in [-0.25, -0.2) is 9.18 Å². The fourth-order valence-electron chi connectivity index (χ4n) is 3.98. The average molecular weight is 442 g/mol. The van der Waals surface area contributed by atoms with Crippen molar-refractivity contribution < 1.29 is 18.5 Å². The summed E-state index contributed by atoms with van der Waals surface area (Å²) < 4.78 is 18.5. The number of amides is 3. The van der Waals surface area contributed by atoms with Crippen molar-refractivity contribution in [3.8, 4) is 11.4 Å². The monoisotopic (exact) mass is 442 g/mol. The third-order valence-corrected chi connectivity index (χ3v) is 5.62. The van der Waals surface area contributed by atoms with Crippen LogP contribution in [-0.4, -0.2) is 27.0 Å². The van der Waals surface area contributed by atoms with Gasteiger partial charge in [-0.05, 0) is 35.4 Å². The molecule has 3 amide bonds. The van der Waals surface area contributed by atoms with E-state index >= 15 is 0 Å². The standard InChI is InChI=1S/C25H19FN4O3/c26-20-13-11-18(12-14-20)22-27-21(33-29-22)16-30-23(31)25(28-24(30)32,19-9-5-2-6-10-19)15-17-7-3-1-4-8-17/h1-14H,15-16H2,(H,28,32). The van der Waals surface area contributed by atoms with Crippen LogP contribution in [0.2, 0.25) is 0 Å². The summed E-state index contributed by atoms with van der Waals surface area (Å²) in [6.07, 6.45) is 0.295. The minimum absolute atomic E-state index is 0.0985. The zero-order chi connectivity index (χ0) is 22.8. The van der Waals surface area contributed by atoms with Crippen molar-refractivity contribution in [2.75, 3.05) is 0 Å². The van der Waals surface area contributed by atoms with Crippen molar-refractivity contribution in [2.45, 2.75) is 18.5 Å². The predicted molar refractivity (Wildman–Crippen MR) is 117 cm³/mol. The fraction of sp³-hybridized carbons (Fsp3) is 0.120. The van der Waals surface area contributed by atoms with E-state index in [1.54, 1.807) is 0 Å². The Morgan fingerprint density at radius 3 is 2.27 bits per heavy atom. The molecule has 164 valence electrons. The summed E-state index contributed by atoms with van der Waals surface area (Å²) in [6, 6.07) is 23.8. The second kappa shape index (κ2) is 8.31. The molecule has 3 aromatic carbocycles. The molecule has 0 saturated carbocycles. The Kier molecular flexibility index (Phi) is 5.18. The summed E-state index contributed by atoms with van der Waals surface area (Å²) in [4.78, 5) is 32.0. The third-order valence-electron chi connectivity index (χ3n) is 5.62. The van der Waals surface area contributed by atoms with E-state index < -0.39 is 17.5 Å². The lowest BCUT2D eigenvalue weighted by molar-refractivity contribution is -0.132. The van der Waals surface area contributed by atoms with Gasteiger partial charge in [0.15, 0.2) is 5.54 Å². The zero-order valence-corrected chi connectivity index (χ0v) is 17.4. The predicted octanol–water partition coefficient (Wildman–Crippen LogP) is 4.07. The molecule has 1 aromatic heterocycles. The zero-order valence-electron chi connectivity index (χ0n) is 17.4. The second-order valence-corrected chi connectivity index (χ2v) is 7.77. The van der Waals surface area contributed by atoms with Crippen LogP contribution in [-0.2, 0) is 23.3 Å². The summed E-state index contributed by atoms with van der Waals surface area (Å²) in [7, 11) is 0. The van der Waals surface area contributed by atoms with Gasteiger partial charge in [0.25, 0.3) is 5.91 Å². The molecule has 1 unspecified atom stereocenters. The van der Waals surface area contributed by atoms with Crippen molar-refractivity contribution >= 4 is 11.9 Å². The van der Waals surface area contributed by atoms with Gasteiger partial charge in [-0.3, -0.25) is 9.69 Å². The number of halogens is 1. The molecule has 1 fully saturated rings. The van der Waals surface area contributed by atoms with E-state index in [1.165, 1.54) is 24.3 Å². The Morgan fingerprint density at radius 2 is 1.58 bits per heavy atom. The van der Waals surface area contributed by atoms with Gasteiger partial charge in [0.1, 0.15) is 12.4 Å². The maximum Gasteiger partial charge on any atom is 0.325 e. The minimum Gasteiger partial charge on any atom is -0.337 e. The van der Waals surface area contributed by atoms with Gasteiger partial charge in [0, 0.05) is 12.0 Å². The summed E-state index contributed by atoms with van der Waals surface area (Å²) in [5.41, 5.74) is 0.909. The van der Waals surface area contributed by atoms with Gasteiger partial charge in [0.2, 0.25) is 11.7 Å². The molecule has 1 N–H and O–H groups in total. The van der Waals surface area contributed by atoms with Crippen LogP contribution in [0.25, 0.3) is 11.4 Å². The topological polar surface area (TPSA) is 88.3 Å². The SMILES string of the molecule is O=C1NC(Cc2ccccc2)(c2ccccc2)C(=O)N1Cc1nc(-c2ccc(F)cc2)no1. The summed E-state index contributed by atoms with van der Waals surface area (Å²) in [5, 5.41) is 6.80. The van der Waals surface area contributed by atoms with Crippen LogP contribution in [0.4, 0.5) is 9.18 Å². The number of nitrogens with zero attached hydrogens (tertiary/aromatic N) is 3. The maximum absolute atomic E-state index is 13.7. The quantitative estimate of drug-likeness (QED) is 0.455. The Bertz CT molecular complexity index is 1290. The molecule has 0 aliphatic carbocycles. The first-order valence-corrected chi connectivity index (χ1v) is 10.4. The van der Waals surface area contributed by atoms with Crippen molar-refractivity contribution in [1.82, 2.24) is 20.4 Å². The van der Waals surface area contributed by atoms with Crippen LogP contribution >= 0.6 is 0 Å². The lowest BCUT2D eigenvalue weighted by atomic mass is 9.83. The first kappa shape index (κ1) is 20.6. The summed E-state index contributed by atoms with van der Waals surface area (Å²) in [5.74, 6) is -0.432. The average Bonchev–Trinajstić information content (AvgIpc) is 3.40. The van der Waals surface area contributed by atoms with Crippen molar-refractivity contribution in [3.05, 3.63) is 108 Å². The van der Waals surface area contributed by atoms with E-state index in [2.05, 4.69) is 15.5 Å². The van der Waals surface area contributed by atoms with Crippen molar-refractivity contribution in [3.63, 3.8) is 0 Å². The molecule has 5 rings (SSSR count). The number of benzene rings is 3. The molecule has 1 aliphatic heterocycles. The largest absolute Gasteiger partial charge is 0.337 e. The Morgan fingerprint density at radius 1 is 0.909 bits per heavy atom. The summed E-state index contributed by atoms with van der Waals surface area (Å²) >= 11 is 0. The number of hydrogen-bond donors (Lipinski definition) is 1. The minimum atomic E-state index is -1.25. The molecule has 7 nitrogen and oxygen atoms in total. The normalized spacial score (nSPS) is 17.9. The highest BCUT2D eigenvalue weighted by atomic mass is 19.1. The smallest absolute Gasteiger partial charge is 0.325 e. The number of imide groups is 1. The molecular weight excluding hydrogens is 423 g/mol. The van der Waals surface area contributed by atoms with Gasteiger partial charge < -0.3 is 9.84 Å². The lowest BCUT2D eigenvalue weighted by Gasteiger charge is -2.27. The Balaban J connectivity index is 1.44. The van der Waals surface area contributed by atoms with Crippen LogP contribution in [0.3, 0.4) is 0 Å². The van der Waals surface area contributed by atoms with Crippen LogP contribution in [0.5, 0.6) is 0 Å². The van der Waals surface area contributed by atoms with Crippen LogP contribution in [0, 0.1) is 5.82 Å². The highest BCUT2D eigenvalue weighted by Gasteiger charge is 2.52. The highest BCUT2D eigenvalue weighted by molar-refractivity contribution is 6.07. The van der Waals surface area contributed by atoms with Crippen LogP contribution in [0.15, 0.2) is 89.5 Å². The van der Waals surface area contributed by atoms with E-state index in [4.69, 9.17) is 4.52 Å². The van der Waals surface area contributed by atoms with E-state index in [-0.39, 0.29) is 24.1 Å². The van der Waals surface area contributed by atoms with Crippen molar-refractivity contribution in [1.29, 1.82) is 0 Å². The Hall–Kier alpha value is -4.33. The van der Waals surface area contributed by atoms with Crippen molar-refractivity contribution in [2.24, 2.45) is 0 Å². The number of carbonyl (C=O) groups excluding carboxylic acids is 2. The van der Waals surface area contributed by atoms with Gasteiger partial charge in [-0.2, -0.15) is 4.98 Å². The van der Waals surface area contributed by atoms with Crippen LogP contribution in [0.1, 0.15) is 17.0 Å². The molecule has 1 saturated heterocycles. The Labute approximate surface area is 188 Å². The molecule has 4 aromatic rings. The first-order valence-electron chi connectivity index (χ1n) is 10.4. The van der Waals surface area contributed by atoms with Gasteiger partial charge in [-0.1, -0.05) is 65.8 Å². The lowest BCUT2D eigenvalue weighted by Crippen LogP contribution is -2.46. The molecule has 0 radical (unpaired) electrons. The first-order chi connectivity index (χ1) is 16.0. The molecular formula is C25H19FN4O3. The number of urea groups is 1. The van der Waals surface area contributed by atoms with Gasteiger partial charge in [-0.15, -0.1) is 0 Å². The third kappa shape index (κ3) is 3.87. The highest BCUT2D eigenvalue weighted by Crippen LogP contribution is 2.33. The molecule has 8 heteroatoms. The van der Waals surface area contributed by atoms with E-state index in [1.807, 2.05) is 60.7 Å². The van der Waals surface area contributed by atoms with E-state index in [9.17, 15) is 14.0 Å². The second-order valence-electron chi connectivity index (χ2n) is 7.77. The molecule has 1 aliphatic rings. The number of aromatic nitrogens is 2. The molecule has 2 heterocycles. The molecule has 0 bridgehead atoms. The van der Waals surface area contributed by atoms with Gasteiger partial charge >= 0.3 is 6.03 Å². The molecule has 33 heavy (non-hydrogen) atoms. The number of hydrogen-bond acceptors (Lipinski definition) is 5. The van der Waals surface area contributed by atoms with Gasteiger partial charge in [0.05, 0.1) is 0 Å². The maximum atomic E-state index is 13.7. The molecule has 1 atom stereocenters. The number of nitrogens with one attached hydrogen (secondary N) is 1.